The first-order chi connectivity index (χ1) is 18.2. The number of anilines is 2. The fourth-order valence-electron chi connectivity index (χ4n) is 4.85. The molecule has 3 heterocycles. The molecule has 38 heavy (non-hydrogen) atoms. The van der Waals surface area contributed by atoms with Gasteiger partial charge in [0.2, 0.25) is 0 Å². The van der Waals surface area contributed by atoms with E-state index in [-0.39, 0.29) is 17.9 Å². The molecule has 2 amide bonds. The highest BCUT2D eigenvalue weighted by molar-refractivity contribution is 7.21. The molecule has 1 saturated heterocycles. The third-order valence-corrected chi connectivity index (χ3v) is 8.12. The third kappa shape index (κ3) is 5.12. The van der Waals surface area contributed by atoms with Crippen LogP contribution in [0.4, 0.5) is 11.4 Å². The molecule has 1 atom stereocenters. The number of carbonyl (C=O) groups is 2. The minimum absolute atomic E-state index is 0.0140. The first-order valence-electron chi connectivity index (χ1n) is 12.5. The number of rotatable bonds is 6. The maximum Gasteiger partial charge on any atom is 0.263 e. The number of halogens is 1. The van der Waals surface area contributed by atoms with Crippen molar-refractivity contribution in [3.8, 4) is 11.1 Å². The largest absolute Gasteiger partial charge is 0.397 e. The van der Waals surface area contributed by atoms with Gasteiger partial charge >= 0.3 is 0 Å². The molecule has 7 nitrogen and oxygen atoms in total. The standard InChI is InChI=1S/C29H29ClN4O3S/c1-15-6-11-21(16(2)13-15)34-27(35)22-17(3)33-29-24(23(22)18-7-9-19(30)10-8-18)25(31)26(38-29)28(36)32-14-20-5-4-12-37-20/h6-11,13,20H,4-5,12,14,31H2,1-3H3,(H,32,36)(H,34,35). The number of carbonyl (C=O) groups excluding carboxylic acids is 2. The van der Waals surface area contributed by atoms with Crippen molar-refractivity contribution in [1.82, 2.24) is 10.3 Å². The lowest BCUT2D eigenvalue weighted by molar-refractivity contribution is 0.0861. The van der Waals surface area contributed by atoms with Crippen LogP contribution in [0.15, 0.2) is 42.5 Å². The van der Waals surface area contributed by atoms with Gasteiger partial charge in [0.15, 0.2) is 0 Å². The minimum Gasteiger partial charge on any atom is -0.397 e. The number of fused-ring (bicyclic) bond motifs is 1. The number of hydrogen-bond donors (Lipinski definition) is 3. The van der Waals surface area contributed by atoms with Crippen molar-refractivity contribution in [3.63, 3.8) is 0 Å². The quantitative estimate of drug-likeness (QED) is 0.263. The van der Waals surface area contributed by atoms with E-state index in [0.29, 0.717) is 55.8 Å². The highest BCUT2D eigenvalue weighted by atomic mass is 35.5. The van der Waals surface area contributed by atoms with Crippen molar-refractivity contribution in [2.75, 3.05) is 24.2 Å². The van der Waals surface area contributed by atoms with Crippen LogP contribution >= 0.6 is 22.9 Å². The second kappa shape index (κ2) is 10.7. The van der Waals surface area contributed by atoms with Gasteiger partial charge in [0.25, 0.3) is 11.8 Å². The summed E-state index contributed by atoms with van der Waals surface area (Å²) < 4.78 is 5.63. The van der Waals surface area contributed by atoms with E-state index in [2.05, 4.69) is 10.6 Å². The molecular weight excluding hydrogens is 520 g/mol. The number of aromatic nitrogens is 1. The predicted molar refractivity (Wildman–Crippen MR) is 154 cm³/mol. The number of amides is 2. The van der Waals surface area contributed by atoms with Gasteiger partial charge in [0.1, 0.15) is 9.71 Å². The van der Waals surface area contributed by atoms with E-state index in [1.165, 1.54) is 11.3 Å². The summed E-state index contributed by atoms with van der Waals surface area (Å²) >= 11 is 7.40. The summed E-state index contributed by atoms with van der Waals surface area (Å²) in [4.78, 5) is 32.6. The molecule has 1 fully saturated rings. The van der Waals surface area contributed by atoms with Gasteiger partial charge in [-0.05, 0) is 62.9 Å². The van der Waals surface area contributed by atoms with E-state index in [9.17, 15) is 9.59 Å². The topological polar surface area (TPSA) is 106 Å². The molecule has 0 aliphatic carbocycles. The molecule has 1 aliphatic rings. The zero-order valence-corrected chi connectivity index (χ0v) is 23.1. The van der Waals surface area contributed by atoms with Crippen LogP contribution in [-0.2, 0) is 4.74 Å². The zero-order valence-electron chi connectivity index (χ0n) is 21.5. The Bertz CT molecular complexity index is 1540. The van der Waals surface area contributed by atoms with Crippen molar-refractivity contribution in [2.45, 2.75) is 39.7 Å². The molecule has 2 aromatic carbocycles. The number of nitrogens with zero attached hydrogens (tertiary/aromatic N) is 1. The van der Waals surface area contributed by atoms with Gasteiger partial charge < -0.3 is 21.1 Å². The smallest absolute Gasteiger partial charge is 0.263 e. The number of ether oxygens (including phenoxy) is 1. The van der Waals surface area contributed by atoms with Crippen LogP contribution in [0.5, 0.6) is 0 Å². The molecule has 4 aromatic rings. The Morgan fingerprint density at radius 2 is 1.89 bits per heavy atom. The van der Waals surface area contributed by atoms with Crippen molar-refractivity contribution in [3.05, 3.63) is 74.7 Å². The number of nitrogens with two attached hydrogens (primary N) is 1. The number of nitrogen functional groups attached to an aromatic ring is 1. The zero-order chi connectivity index (χ0) is 27.0. The van der Waals surface area contributed by atoms with Crippen LogP contribution in [0.1, 0.15) is 49.7 Å². The Hall–Kier alpha value is -3.46. The number of benzene rings is 2. The molecule has 2 aromatic heterocycles. The molecular formula is C29H29ClN4O3S. The van der Waals surface area contributed by atoms with Crippen LogP contribution in [0.2, 0.25) is 5.02 Å². The monoisotopic (exact) mass is 548 g/mol. The van der Waals surface area contributed by atoms with E-state index in [4.69, 9.17) is 27.1 Å². The van der Waals surface area contributed by atoms with Crippen molar-refractivity contribution < 1.29 is 14.3 Å². The fourth-order valence-corrected chi connectivity index (χ4v) is 6.04. The summed E-state index contributed by atoms with van der Waals surface area (Å²) in [6, 6.07) is 13.1. The lowest BCUT2D eigenvalue weighted by Crippen LogP contribution is -2.31. The minimum atomic E-state index is -0.302. The normalized spacial score (nSPS) is 15.1. The summed E-state index contributed by atoms with van der Waals surface area (Å²) in [5.41, 5.74) is 12.0. The van der Waals surface area contributed by atoms with Gasteiger partial charge in [-0.15, -0.1) is 11.3 Å². The Balaban J connectivity index is 1.61. The van der Waals surface area contributed by atoms with Gasteiger partial charge in [0, 0.05) is 34.8 Å². The summed E-state index contributed by atoms with van der Waals surface area (Å²) in [6.07, 6.45) is 1.93. The lowest BCUT2D eigenvalue weighted by atomic mass is 9.94. The van der Waals surface area contributed by atoms with Crippen LogP contribution in [0, 0.1) is 20.8 Å². The molecule has 5 rings (SSSR count). The SMILES string of the molecule is Cc1ccc(NC(=O)c2c(C)nc3sc(C(=O)NCC4CCCO4)c(N)c3c2-c2ccc(Cl)cc2)c(C)c1. The van der Waals surface area contributed by atoms with Gasteiger partial charge in [0.05, 0.1) is 23.0 Å². The van der Waals surface area contributed by atoms with Gasteiger partial charge in [-0.3, -0.25) is 9.59 Å². The van der Waals surface area contributed by atoms with Gasteiger partial charge in [-0.25, -0.2) is 4.98 Å². The summed E-state index contributed by atoms with van der Waals surface area (Å²) in [5.74, 6) is -0.578. The molecule has 0 saturated carbocycles. The first-order valence-corrected chi connectivity index (χ1v) is 13.7. The number of thiophene rings is 1. The molecule has 0 bridgehead atoms. The number of hydrogen-bond acceptors (Lipinski definition) is 6. The summed E-state index contributed by atoms with van der Waals surface area (Å²) in [7, 11) is 0. The van der Waals surface area contributed by atoms with Gasteiger partial charge in [-0.1, -0.05) is 41.4 Å². The van der Waals surface area contributed by atoms with E-state index < -0.39 is 0 Å². The van der Waals surface area contributed by atoms with Crippen LogP contribution in [0.3, 0.4) is 0 Å². The van der Waals surface area contributed by atoms with E-state index in [0.717, 1.165) is 35.2 Å². The summed E-state index contributed by atoms with van der Waals surface area (Å²) in [5, 5.41) is 7.15. The Kier molecular flexibility index (Phi) is 7.38. The lowest BCUT2D eigenvalue weighted by Gasteiger charge is -2.16. The van der Waals surface area contributed by atoms with E-state index in [1.54, 1.807) is 19.1 Å². The Morgan fingerprint density at radius 1 is 1.13 bits per heavy atom. The highest BCUT2D eigenvalue weighted by Crippen LogP contribution is 2.42. The predicted octanol–water partition coefficient (Wildman–Crippen LogP) is 6.29. The maximum atomic E-state index is 13.8. The van der Waals surface area contributed by atoms with Gasteiger partial charge in [-0.2, -0.15) is 0 Å². The molecule has 9 heteroatoms. The Labute approximate surface area is 230 Å². The van der Waals surface area contributed by atoms with Crippen molar-refractivity contribution >= 4 is 56.3 Å². The molecule has 0 radical (unpaired) electrons. The Morgan fingerprint density at radius 3 is 2.58 bits per heavy atom. The molecule has 4 N–H and O–H groups in total. The van der Waals surface area contributed by atoms with Crippen molar-refractivity contribution in [2.24, 2.45) is 0 Å². The van der Waals surface area contributed by atoms with E-state index >= 15 is 0 Å². The highest BCUT2D eigenvalue weighted by Gasteiger charge is 2.27. The third-order valence-electron chi connectivity index (χ3n) is 6.77. The second-order valence-electron chi connectivity index (χ2n) is 9.60. The van der Waals surface area contributed by atoms with Crippen LogP contribution in [-0.4, -0.2) is 36.1 Å². The van der Waals surface area contributed by atoms with Crippen LogP contribution in [0.25, 0.3) is 21.3 Å². The first kappa shape index (κ1) is 26.2. The number of aryl methyl sites for hydroxylation is 3. The fraction of sp³-hybridized carbons (Fsp3) is 0.276. The van der Waals surface area contributed by atoms with Crippen LogP contribution < -0.4 is 16.4 Å². The molecule has 0 spiro atoms. The number of nitrogens with one attached hydrogen (secondary N) is 2. The molecule has 196 valence electrons. The average Bonchev–Trinajstić information content (AvgIpc) is 3.52. The molecule has 1 unspecified atom stereocenters. The molecule has 1 aliphatic heterocycles. The second-order valence-corrected chi connectivity index (χ2v) is 11.0. The summed E-state index contributed by atoms with van der Waals surface area (Å²) in [6.45, 7) is 6.89. The maximum absolute atomic E-state index is 13.8. The number of pyridine rings is 1. The van der Waals surface area contributed by atoms with E-state index in [1.807, 2.05) is 44.2 Å². The average molecular weight is 549 g/mol. The van der Waals surface area contributed by atoms with Crippen molar-refractivity contribution in [1.29, 1.82) is 0 Å².